The zero-order chi connectivity index (χ0) is 10.3. The highest BCUT2D eigenvalue weighted by molar-refractivity contribution is 4.69. The van der Waals surface area contributed by atoms with E-state index in [4.69, 9.17) is 4.74 Å². The summed E-state index contributed by atoms with van der Waals surface area (Å²) in [5, 5.41) is 3.24. The molecular weight excluding hydrogens is 176 g/mol. The molecule has 0 fully saturated rings. The van der Waals surface area contributed by atoms with E-state index in [1.165, 1.54) is 0 Å². The van der Waals surface area contributed by atoms with Crippen LogP contribution in [0.5, 0.6) is 0 Å². The van der Waals surface area contributed by atoms with Gasteiger partial charge in [-0.25, -0.2) is 8.78 Å². The van der Waals surface area contributed by atoms with Crippen LogP contribution in [0.4, 0.5) is 8.78 Å². The van der Waals surface area contributed by atoms with E-state index in [2.05, 4.69) is 26.1 Å². The summed E-state index contributed by atoms with van der Waals surface area (Å²) in [6, 6.07) is 0. The lowest BCUT2D eigenvalue weighted by atomic mass is 10.1. The molecule has 0 unspecified atom stereocenters. The molecule has 0 atom stereocenters. The van der Waals surface area contributed by atoms with Gasteiger partial charge in [0, 0.05) is 12.1 Å². The van der Waals surface area contributed by atoms with E-state index in [0.717, 1.165) is 13.0 Å². The van der Waals surface area contributed by atoms with E-state index in [-0.39, 0.29) is 5.54 Å². The van der Waals surface area contributed by atoms with Gasteiger partial charge in [0.1, 0.15) is 6.61 Å². The Bertz CT molecular complexity index is 123. The van der Waals surface area contributed by atoms with E-state index in [0.29, 0.717) is 6.61 Å². The summed E-state index contributed by atoms with van der Waals surface area (Å²) < 4.78 is 27.9. The summed E-state index contributed by atoms with van der Waals surface area (Å²) in [4.78, 5) is 0. The van der Waals surface area contributed by atoms with E-state index in [1.807, 2.05) is 0 Å². The Balaban J connectivity index is 3.09. The maximum absolute atomic E-state index is 11.6. The number of hydrogen-bond donors (Lipinski definition) is 1. The van der Waals surface area contributed by atoms with Crippen LogP contribution in [0.15, 0.2) is 0 Å². The van der Waals surface area contributed by atoms with Gasteiger partial charge >= 0.3 is 0 Å². The monoisotopic (exact) mass is 195 g/mol. The Labute approximate surface area is 78.7 Å². The molecule has 80 valence electrons. The van der Waals surface area contributed by atoms with Crippen molar-refractivity contribution < 1.29 is 13.5 Å². The predicted octanol–water partition coefficient (Wildman–Crippen LogP) is 2.05. The molecule has 2 nitrogen and oxygen atoms in total. The zero-order valence-corrected chi connectivity index (χ0v) is 8.57. The fourth-order valence-corrected chi connectivity index (χ4v) is 0.810. The van der Waals surface area contributed by atoms with Crippen molar-refractivity contribution in [2.45, 2.75) is 39.2 Å². The van der Waals surface area contributed by atoms with Crippen LogP contribution < -0.4 is 5.32 Å². The highest BCUT2D eigenvalue weighted by atomic mass is 19.3. The van der Waals surface area contributed by atoms with E-state index < -0.39 is 13.0 Å². The molecule has 0 aliphatic heterocycles. The van der Waals surface area contributed by atoms with Gasteiger partial charge in [0.05, 0.1) is 0 Å². The van der Waals surface area contributed by atoms with Crippen molar-refractivity contribution in [3.63, 3.8) is 0 Å². The van der Waals surface area contributed by atoms with Gasteiger partial charge in [0.2, 0.25) is 0 Å². The van der Waals surface area contributed by atoms with E-state index >= 15 is 0 Å². The first-order valence-electron chi connectivity index (χ1n) is 4.53. The molecule has 0 saturated carbocycles. The Kier molecular flexibility index (Phi) is 6.16. The van der Waals surface area contributed by atoms with Gasteiger partial charge in [-0.3, -0.25) is 0 Å². The first kappa shape index (κ1) is 12.8. The lowest BCUT2D eigenvalue weighted by molar-refractivity contribution is 0.0165. The molecule has 0 aromatic rings. The summed E-state index contributed by atoms with van der Waals surface area (Å²) in [6.07, 6.45) is -1.58. The first-order valence-corrected chi connectivity index (χ1v) is 4.53. The van der Waals surface area contributed by atoms with Crippen LogP contribution in [0, 0.1) is 0 Å². The second-order valence-electron chi connectivity index (χ2n) is 4.00. The first-order chi connectivity index (χ1) is 5.92. The van der Waals surface area contributed by atoms with E-state index in [1.54, 1.807) is 0 Å². The summed E-state index contributed by atoms with van der Waals surface area (Å²) in [5.41, 5.74) is 0.0860. The van der Waals surface area contributed by atoms with Gasteiger partial charge in [-0.15, -0.1) is 0 Å². The van der Waals surface area contributed by atoms with Gasteiger partial charge in [0.25, 0.3) is 6.43 Å². The average Bonchev–Trinajstić information content (AvgIpc) is 1.93. The Morgan fingerprint density at radius 2 is 1.92 bits per heavy atom. The molecular formula is C9H19F2NO. The maximum Gasteiger partial charge on any atom is 0.261 e. The molecule has 4 heteroatoms. The largest absolute Gasteiger partial charge is 0.375 e. The van der Waals surface area contributed by atoms with Crippen LogP contribution in [0.1, 0.15) is 27.2 Å². The highest BCUT2D eigenvalue weighted by Crippen LogP contribution is 1.98. The Morgan fingerprint density at radius 3 is 2.38 bits per heavy atom. The number of ether oxygens (including phenoxy) is 1. The third kappa shape index (κ3) is 11.8. The predicted molar refractivity (Wildman–Crippen MR) is 49.2 cm³/mol. The van der Waals surface area contributed by atoms with Crippen LogP contribution in [0.25, 0.3) is 0 Å². The van der Waals surface area contributed by atoms with Crippen molar-refractivity contribution in [1.82, 2.24) is 5.32 Å². The summed E-state index contributed by atoms with van der Waals surface area (Å²) in [5.74, 6) is 0. The molecule has 0 aromatic heterocycles. The van der Waals surface area contributed by atoms with Gasteiger partial charge in [-0.05, 0) is 33.7 Å². The minimum Gasteiger partial charge on any atom is -0.375 e. The molecule has 13 heavy (non-hydrogen) atoms. The fraction of sp³-hybridized carbons (Fsp3) is 1.00. The third-order valence-electron chi connectivity index (χ3n) is 1.36. The van der Waals surface area contributed by atoms with Crippen molar-refractivity contribution in [3.05, 3.63) is 0 Å². The van der Waals surface area contributed by atoms with Gasteiger partial charge in [-0.2, -0.15) is 0 Å². The molecule has 0 saturated heterocycles. The molecule has 0 aliphatic rings. The standard InChI is InChI=1S/C9H19F2NO/c1-9(2,3)12-5-4-6-13-7-8(10)11/h8,12H,4-7H2,1-3H3. The molecule has 0 heterocycles. The van der Waals surface area contributed by atoms with Crippen LogP contribution in [-0.2, 0) is 4.74 Å². The van der Waals surface area contributed by atoms with Gasteiger partial charge < -0.3 is 10.1 Å². The average molecular weight is 195 g/mol. The number of halogens is 2. The van der Waals surface area contributed by atoms with Crippen LogP contribution in [0.2, 0.25) is 0 Å². The SMILES string of the molecule is CC(C)(C)NCCCOCC(F)F. The Morgan fingerprint density at radius 1 is 1.31 bits per heavy atom. The fourth-order valence-electron chi connectivity index (χ4n) is 0.810. The van der Waals surface area contributed by atoms with Crippen LogP contribution >= 0.6 is 0 Å². The molecule has 0 aliphatic carbocycles. The highest BCUT2D eigenvalue weighted by Gasteiger charge is 2.07. The number of hydrogen-bond acceptors (Lipinski definition) is 2. The maximum atomic E-state index is 11.6. The van der Waals surface area contributed by atoms with Crippen molar-refractivity contribution in [1.29, 1.82) is 0 Å². The van der Waals surface area contributed by atoms with Gasteiger partial charge in [0.15, 0.2) is 0 Å². The smallest absolute Gasteiger partial charge is 0.261 e. The van der Waals surface area contributed by atoms with Crippen molar-refractivity contribution in [3.8, 4) is 0 Å². The number of nitrogens with one attached hydrogen (secondary N) is 1. The molecule has 0 spiro atoms. The number of alkyl halides is 2. The van der Waals surface area contributed by atoms with Crippen LogP contribution in [0.3, 0.4) is 0 Å². The lowest BCUT2D eigenvalue weighted by Crippen LogP contribution is -2.36. The molecule has 0 aromatic carbocycles. The topological polar surface area (TPSA) is 21.3 Å². The normalized spacial score (nSPS) is 12.5. The molecule has 0 bridgehead atoms. The molecule has 0 rings (SSSR count). The zero-order valence-electron chi connectivity index (χ0n) is 8.57. The van der Waals surface area contributed by atoms with Gasteiger partial charge in [-0.1, -0.05) is 0 Å². The molecule has 0 radical (unpaired) electrons. The summed E-state index contributed by atoms with van der Waals surface area (Å²) >= 11 is 0. The summed E-state index contributed by atoms with van der Waals surface area (Å²) in [7, 11) is 0. The Hall–Kier alpha value is -0.220. The number of rotatable bonds is 6. The second kappa shape index (κ2) is 6.27. The quantitative estimate of drug-likeness (QED) is 0.655. The third-order valence-corrected chi connectivity index (χ3v) is 1.36. The summed E-state index contributed by atoms with van der Waals surface area (Å²) in [6.45, 7) is 6.93. The van der Waals surface area contributed by atoms with E-state index in [9.17, 15) is 8.78 Å². The van der Waals surface area contributed by atoms with Crippen LogP contribution in [-0.4, -0.2) is 31.7 Å². The minimum atomic E-state index is -2.35. The minimum absolute atomic E-state index is 0.0860. The van der Waals surface area contributed by atoms with Crippen molar-refractivity contribution in [2.24, 2.45) is 0 Å². The molecule has 1 N–H and O–H groups in total. The van der Waals surface area contributed by atoms with Crippen molar-refractivity contribution in [2.75, 3.05) is 19.8 Å². The van der Waals surface area contributed by atoms with Crippen molar-refractivity contribution >= 4 is 0 Å². The second-order valence-corrected chi connectivity index (χ2v) is 4.00. The lowest BCUT2D eigenvalue weighted by Gasteiger charge is -2.20. The molecule has 0 amide bonds.